The van der Waals surface area contributed by atoms with E-state index in [1.54, 1.807) is 25.4 Å². The summed E-state index contributed by atoms with van der Waals surface area (Å²) in [7, 11) is 1.70. The van der Waals surface area contributed by atoms with Gasteiger partial charge in [0.1, 0.15) is 6.61 Å². The number of guanidine groups is 1. The molecule has 0 fully saturated rings. The number of nitrogens with zero attached hydrogens (tertiary/aromatic N) is 3. The molecule has 3 aromatic rings. The molecule has 0 saturated carbocycles. The van der Waals surface area contributed by atoms with Crippen LogP contribution < -0.4 is 10.6 Å². The van der Waals surface area contributed by atoms with Gasteiger partial charge in [-0.2, -0.15) is 18.3 Å². The van der Waals surface area contributed by atoms with Crippen LogP contribution in [-0.4, -0.2) is 42.1 Å². The van der Waals surface area contributed by atoms with Crippen LogP contribution in [0.5, 0.6) is 0 Å². The highest BCUT2D eigenvalue weighted by molar-refractivity contribution is 14.0. The zero-order valence-electron chi connectivity index (χ0n) is 18.2. The molecule has 0 aliphatic rings. The lowest BCUT2D eigenvalue weighted by Crippen LogP contribution is -2.37. The number of aromatic nitrogens is 2. The Labute approximate surface area is 208 Å². The van der Waals surface area contributed by atoms with Crippen molar-refractivity contribution in [2.24, 2.45) is 4.99 Å². The number of aliphatic imine (C=N–C) groups is 1. The monoisotopic (exact) mass is 573 g/mol. The first kappa shape index (κ1) is 26.7. The van der Waals surface area contributed by atoms with Crippen LogP contribution in [0.25, 0.3) is 5.69 Å². The fourth-order valence-corrected chi connectivity index (χ4v) is 3.01. The maximum Gasteiger partial charge on any atom is 0.411 e. The predicted molar refractivity (Wildman–Crippen MR) is 133 cm³/mol. The van der Waals surface area contributed by atoms with Crippen molar-refractivity contribution in [2.45, 2.75) is 25.7 Å². The van der Waals surface area contributed by atoms with Gasteiger partial charge in [-0.05, 0) is 41.3 Å². The van der Waals surface area contributed by atoms with Crippen LogP contribution in [0.1, 0.15) is 16.7 Å². The lowest BCUT2D eigenvalue weighted by atomic mass is 10.1. The van der Waals surface area contributed by atoms with E-state index in [4.69, 9.17) is 0 Å². The molecule has 6 nitrogen and oxygen atoms in total. The van der Waals surface area contributed by atoms with Gasteiger partial charge < -0.3 is 15.4 Å². The molecule has 0 bridgehead atoms. The summed E-state index contributed by atoms with van der Waals surface area (Å²) >= 11 is 0. The second-order valence-electron chi connectivity index (χ2n) is 7.14. The third-order valence-corrected chi connectivity index (χ3v) is 4.65. The largest absolute Gasteiger partial charge is 0.411 e. The number of hydrogen-bond donors (Lipinski definition) is 2. The van der Waals surface area contributed by atoms with Crippen LogP contribution in [0.3, 0.4) is 0 Å². The van der Waals surface area contributed by atoms with Gasteiger partial charge in [0, 0.05) is 32.5 Å². The third kappa shape index (κ3) is 9.42. The fourth-order valence-electron chi connectivity index (χ4n) is 3.01. The number of nitrogens with one attached hydrogen (secondary N) is 2. The Morgan fingerprint density at radius 3 is 2.27 bits per heavy atom. The number of ether oxygens (including phenoxy) is 1. The van der Waals surface area contributed by atoms with Gasteiger partial charge in [-0.15, -0.1) is 24.0 Å². The number of rotatable bonds is 9. The molecule has 0 unspecified atom stereocenters. The van der Waals surface area contributed by atoms with Crippen molar-refractivity contribution in [2.75, 3.05) is 20.2 Å². The molecule has 10 heteroatoms. The summed E-state index contributed by atoms with van der Waals surface area (Å²) < 4.78 is 42.9. The van der Waals surface area contributed by atoms with E-state index in [-0.39, 0.29) is 30.6 Å². The second-order valence-corrected chi connectivity index (χ2v) is 7.14. The van der Waals surface area contributed by atoms with Crippen LogP contribution >= 0.6 is 24.0 Å². The van der Waals surface area contributed by atoms with Crippen molar-refractivity contribution in [3.05, 3.63) is 83.7 Å². The van der Waals surface area contributed by atoms with Gasteiger partial charge in [0.25, 0.3) is 0 Å². The molecule has 0 spiro atoms. The van der Waals surface area contributed by atoms with Crippen LogP contribution in [0.15, 0.2) is 72.0 Å². The highest BCUT2D eigenvalue weighted by Gasteiger charge is 2.27. The molecule has 0 atom stereocenters. The smallest absolute Gasteiger partial charge is 0.367 e. The van der Waals surface area contributed by atoms with E-state index < -0.39 is 12.8 Å². The van der Waals surface area contributed by atoms with E-state index in [0.29, 0.717) is 18.1 Å². The standard InChI is InChI=1S/C23H26F3N5O.HI/c1-27-22(28-13-11-18-7-9-21(10-8-18)31-14-2-12-30-31)29-15-19-3-5-20(6-4-19)16-32-17-23(24,25)26;/h2-10,12,14H,11,13,15-17H2,1H3,(H2,27,28,29);1H. The number of hydrogen-bond acceptors (Lipinski definition) is 3. The Morgan fingerprint density at radius 1 is 1.00 bits per heavy atom. The molecule has 178 valence electrons. The van der Waals surface area contributed by atoms with Gasteiger partial charge in [-0.25, -0.2) is 4.68 Å². The van der Waals surface area contributed by atoms with Crippen LogP contribution in [0.2, 0.25) is 0 Å². The summed E-state index contributed by atoms with van der Waals surface area (Å²) in [5.41, 5.74) is 3.90. The van der Waals surface area contributed by atoms with E-state index in [9.17, 15) is 13.2 Å². The molecule has 0 amide bonds. The van der Waals surface area contributed by atoms with E-state index in [2.05, 4.69) is 37.6 Å². The van der Waals surface area contributed by atoms with E-state index >= 15 is 0 Å². The number of alkyl halides is 3. The molecule has 2 N–H and O–H groups in total. The Morgan fingerprint density at radius 2 is 1.67 bits per heavy atom. The maximum absolute atomic E-state index is 12.1. The number of halogens is 4. The lowest BCUT2D eigenvalue weighted by molar-refractivity contribution is -0.176. The molecule has 0 saturated heterocycles. The molecule has 0 aliphatic carbocycles. The number of benzene rings is 2. The Bertz CT molecular complexity index is 975. The lowest BCUT2D eigenvalue weighted by Gasteiger charge is -2.13. The van der Waals surface area contributed by atoms with Crippen molar-refractivity contribution < 1.29 is 17.9 Å². The van der Waals surface area contributed by atoms with Gasteiger partial charge in [0.15, 0.2) is 5.96 Å². The quantitative estimate of drug-likeness (QED) is 0.225. The fraction of sp³-hybridized carbons (Fsp3) is 0.304. The molecular weight excluding hydrogens is 546 g/mol. The van der Waals surface area contributed by atoms with Crippen molar-refractivity contribution in [1.82, 2.24) is 20.4 Å². The summed E-state index contributed by atoms with van der Waals surface area (Å²) in [6.45, 7) is -0.0512. The van der Waals surface area contributed by atoms with Gasteiger partial charge in [0.05, 0.1) is 12.3 Å². The van der Waals surface area contributed by atoms with Gasteiger partial charge in [-0.3, -0.25) is 4.99 Å². The molecular formula is C23H27F3IN5O. The molecule has 1 heterocycles. The topological polar surface area (TPSA) is 63.5 Å². The van der Waals surface area contributed by atoms with E-state index in [0.717, 1.165) is 24.2 Å². The normalized spacial score (nSPS) is 11.7. The first-order chi connectivity index (χ1) is 15.4. The molecule has 2 aromatic carbocycles. The van der Waals surface area contributed by atoms with E-state index in [1.807, 2.05) is 41.2 Å². The van der Waals surface area contributed by atoms with Crippen molar-refractivity contribution in [3.8, 4) is 5.69 Å². The summed E-state index contributed by atoms with van der Waals surface area (Å²) in [4.78, 5) is 4.22. The summed E-state index contributed by atoms with van der Waals surface area (Å²) in [5.74, 6) is 0.677. The summed E-state index contributed by atoms with van der Waals surface area (Å²) in [6, 6.07) is 17.3. The van der Waals surface area contributed by atoms with Crippen LogP contribution in [0.4, 0.5) is 13.2 Å². The zero-order chi connectivity index (χ0) is 22.8. The van der Waals surface area contributed by atoms with Gasteiger partial charge in [0.2, 0.25) is 0 Å². The highest BCUT2D eigenvalue weighted by Crippen LogP contribution is 2.16. The average Bonchev–Trinajstić information content (AvgIpc) is 3.31. The molecule has 0 radical (unpaired) electrons. The first-order valence-electron chi connectivity index (χ1n) is 10.2. The van der Waals surface area contributed by atoms with Crippen LogP contribution in [-0.2, 0) is 24.3 Å². The predicted octanol–water partition coefficient (Wildman–Crippen LogP) is 4.48. The van der Waals surface area contributed by atoms with Gasteiger partial charge >= 0.3 is 6.18 Å². The van der Waals surface area contributed by atoms with Crippen molar-refractivity contribution >= 4 is 29.9 Å². The van der Waals surface area contributed by atoms with Crippen molar-refractivity contribution in [1.29, 1.82) is 0 Å². The maximum atomic E-state index is 12.1. The molecule has 33 heavy (non-hydrogen) atoms. The van der Waals surface area contributed by atoms with Crippen molar-refractivity contribution in [3.63, 3.8) is 0 Å². The minimum atomic E-state index is -4.31. The Kier molecular flexibility index (Phi) is 10.7. The van der Waals surface area contributed by atoms with Crippen LogP contribution in [0, 0.1) is 0 Å². The average molecular weight is 573 g/mol. The Hall–Kier alpha value is -2.60. The summed E-state index contributed by atoms with van der Waals surface area (Å²) in [6.07, 6.45) is 0.183. The third-order valence-electron chi connectivity index (χ3n) is 4.65. The first-order valence-corrected chi connectivity index (χ1v) is 10.2. The second kappa shape index (κ2) is 13.2. The molecule has 0 aliphatic heterocycles. The SMILES string of the molecule is CN=C(NCCc1ccc(-n2cccn2)cc1)NCc1ccc(COCC(F)(F)F)cc1.I. The molecule has 1 aromatic heterocycles. The van der Waals surface area contributed by atoms with Gasteiger partial charge in [-0.1, -0.05) is 36.4 Å². The minimum Gasteiger partial charge on any atom is -0.367 e. The van der Waals surface area contributed by atoms with E-state index in [1.165, 1.54) is 5.56 Å². The molecule has 3 rings (SSSR count). The summed E-state index contributed by atoms with van der Waals surface area (Å²) in [5, 5.41) is 10.7. The zero-order valence-corrected chi connectivity index (χ0v) is 20.5. The highest BCUT2D eigenvalue weighted by atomic mass is 127. The Balaban J connectivity index is 0.00000385. The minimum absolute atomic E-state index is 0.